The van der Waals surface area contributed by atoms with Gasteiger partial charge in [-0.05, 0) is 34.1 Å². The van der Waals surface area contributed by atoms with E-state index in [1.54, 1.807) is 0 Å². The van der Waals surface area contributed by atoms with Crippen LogP contribution in [-0.4, -0.2) is 0 Å². The van der Waals surface area contributed by atoms with Crippen molar-refractivity contribution in [1.29, 1.82) is 0 Å². The van der Waals surface area contributed by atoms with Crippen molar-refractivity contribution in [1.82, 2.24) is 0 Å². The van der Waals surface area contributed by atoms with E-state index in [0.29, 0.717) is 0 Å². The third kappa shape index (κ3) is 3.32. The third-order valence-electron chi connectivity index (χ3n) is 5.36. The zero-order valence-electron chi connectivity index (χ0n) is 15.0. The number of halogens is 2. The molecule has 0 aliphatic heterocycles. The van der Waals surface area contributed by atoms with Crippen molar-refractivity contribution in [3.8, 4) is 0 Å². The molecule has 3 heteroatoms. The summed E-state index contributed by atoms with van der Waals surface area (Å²) in [5, 5.41) is 5.70. The zero-order chi connectivity index (χ0) is 15.4. The molecule has 1 radical (unpaired) electrons. The van der Waals surface area contributed by atoms with Gasteiger partial charge in [-0.15, -0.1) is 33.7 Å². The van der Waals surface area contributed by atoms with Crippen LogP contribution in [0.15, 0.2) is 42.5 Å². The molecular weight excluding hydrogens is 426 g/mol. The molecule has 1 aliphatic rings. The number of aryl methyl sites for hydroxylation is 2. The van der Waals surface area contributed by atoms with Crippen LogP contribution in [0.5, 0.6) is 0 Å². The molecule has 0 amide bonds. The predicted molar refractivity (Wildman–Crippen MR) is 97.7 cm³/mol. The number of allylic oxidation sites excluding steroid dienone is 4. The molecule has 4 rings (SSSR count). The summed E-state index contributed by atoms with van der Waals surface area (Å²) in [5.74, 6) is 0. The Morgan fingerprint density at radius 2 is 1.60 bits per heavy atom. The zero-order valence-corrected chi connectivity index (χ0v) is 19.0. The van der Waals surface area contributed by atoms with Crippen molar-refractivity contribution < 1.29 is 51.0 Å². The predicted octanol–water partition coefficient (Wildman–Crippen LogP) is 0.294. The fourth-order valence-electron chi connectivity index (χ4n) is 4.01. The van der Waals surface area contributed by atoms with Crippen LogP contribution in [0.25, 0.3) is 27.1 Å². The topological polar surface area (TPSA) is 0 Å². The smallest absolute Gasteiger partial charge is 1.00 e. The van der Waals surface area contributed by atoms with E-state index in [2.05, 4.69) is 70.2 Å². The van der Waals surface area contributed by atoms with E-state index in [1.165, 1.54) is 54.9 Å². The summed E-state index contributed by atoms with van der Waals surface area (Å²) in [4.78, 5) is 0. The molecule has 0 nitrogen and oxygen atoms in total. The molecule has 0 spiro atoms. The van der Waals surface area contributed by atoms with Crippen LogP contribution in [0.3, 0.4) is 0 Å². The second kappa shape index (κ2) is 8.30. The standard InChI is InChI=1S/C22H21.2ClH.Zr/c1-13-8-7-11-18-12-19-21(17-9-5-6-10-17)15(3)14(2)16(4)22(19)20(13)18;;;/h5-9,11-12H,10H2,1-4H3;2*1H;/q-1;;;+3/p-2. The maximum Gasteiger partial charge on any atom is 3.00 e. The molecule has 0 N–H and O–H groups in total. The average molecular weight is 448 g/mol. The van der Waals surface area contributed by atoms with E-state index < -0.39 is 0 Å². The van der Waals surface area contributed by atoms with Gasteiger partial charge in [0, 0.05) is 0 Å². The summed E-state index contributed by atoms with van der Waals surface area (Å²) in [7, 11) is 0. The summed E-state index contributed by atoms with van der Waals surface area (Å²) < 4.78 is 0. The molecule has 0 heterocycles. The van der Waals surface area contributed by atoms with Gasteiger partial charge in [-0.2, -0.15) is 0 Å². The number of fused-ring (bicyclic) bond motifs is 3. The number of rotatable bonds is 1. The molecule has 0 fully saturated rings. The maximum atomic E-state index is 2.39. The first-order chi connectivity index (χ1) is 10.6. The fraction of sp³-hybridized carbons (Fsp3) is 0.227. The largest absolute Gasteiger partial charge is 3.00 e. The van der Waals surface area contributed by atoms with Crippen LogP contribution in [0.4, 0.5) is 0 Å². The number of hydrogen-bond acceptors (Lipinski definition) is 0. The van der Waals surface area contributed by atoms with Gasteiger partial charge in [-0.1, -0.05) is 63.8 Å². The van der Waals surface area contributed by atoms with Crippen LogP contribution in [0.1, 0.15) is 34.2 Å². The van der Waals surface area contributed by atoms with Crippen molar-refractivity contribution >= 4 is 27.1 Å². The molecule has 0 aromatic heterocycles. The van der Waals surface area contributed by atoms with E-state index in [4.69, 9.17) is 0 Å². The minimum atomic E-state index is 0. The Morgan fingerprint density at radius 3 is 2.24 bits per heavy atom. The minimum absolute atomic E-state index is 0. The quantitative estimate of drug-likeness (QED) is 0.471. The van der Waals surface area contributed by atoms with E-state index in [9.17, 15) is 0 Å². The molecule has 0 atom stereocenters. The summed E-state index contributed by atoms with van der Waals surface area (Å²) in [6.45, 7) is 9.06. The van der Waals surface area contributed by atoms with E-state index in [0.717, 1.165) is 6.42 Å². The molecule has 0 unspecified atom stereocenters. The van der Waals surface area contributed by atoms with E-state index >= 15 is 0 Å². The number of benzene rings is 2. The van der Waals surface area contributed by atoms with Gasteiger partial charge < -0.3 is 24.8 Å². The Balaban J connectivity index is 0.00000104. The van der Waals surface area contributed by atoms with E-state index in [1.807, 2.05) is 0 Å². The van der Waals surface area contributed by atoms with Gasteiger partial charge in [0.05, 0.1) is 0 Å². The molecule has 1 aliphatic carbocycles. The SMILES string of the molecule is Cc1c(C)c(C)c2c([cH-]c3cccc(C)c32)c1C1=CC=CC1.[Cl-].[Cl-].[Zr+3]. The van der Waals surface area contributed by atoms with Crippen molar-refractivity contribution in [3.05, 3.63) is 70.3 Å². The first-order valence-electron chi connectivity index (χ1n) is 8.04. The first kappa shape index (κ1) is 22.3. The summed E-state index contributed by atoms with van der Waals surface area (Å²) in [5.41, 5.74) is 8.60. The molecule has 127 valence electrons. The fourth-order valence-corrected chi connectivity index (χ4v) is 4.01. The second-order valence-corrected chi connectivity index (χ2v) is 6.55. The Labute approximate surface area is 181 Å². The molecule has 0 saturated carbocycles. The van der Waals surface area contributed by atoms with Gasteiger partial charge in [0.15, 0.2) is 0 Å². The molecule has 0 bridgehead atoms. The minimum Gasteiger partial charge on any atom is -1.00 e. The van der Waals surface area contributed by atoms with E-state index in [-0.39, 0.29) is 51.0 Å². The Hall–Kier alpha value is -0.747. The maximum absolute atomic E-state index is 2.39. The molecule has 3 aromatic carbocycles. The molecule has 25 heavy (non-hydrogen) atoms. The van der Waals surface area contributed by atoms with Gasteiger partial charge in [-0.3, -0.25) is 0 Å². The van der Waals surface area contributed by atoms with Crippen molar-refractivity contribution in [2.24, 2.45) is 0 Å². The Bertz CT molecular complexity index is 991. The Morgan fingerprint density at radius 1 is 0.880 bits per heavy atom. The van der Waals surface area contributed by atoms with Crippen molar-refractivity contribution in [3.63, 3.8) is 0 Å². The van der Waals surface area contributed by atoms with Crippen molar-refractivity contribution in [2.45, 2.75) is 34.1 Å². The van der Waals surface area contributed by atoms with Crippen LogP contribution >= 0.6 is 0 Å². The van der Waals surface area contributed by atoms with Crippen LogP contribution in [0, 0.1) is 27.7 Å². The number of hydrogen-bond donors (Lipinski definition) is 0. The average Bonchev–Trinajstić information content (AvgIpc) is 3.13. The summed E-state index contributed by atoms with van der Waals surface area (Å²) >= 11 is 0. The van der Waals surface area contributed by atoms with Gasteiger partial charge >= 0.3 is 26.2 Å². The second-order valence-electron chi connectivity index (χ2n) is 6.55. The monoisotopic (exact) mass is 445 g/mol. The van der Waals surface area contributed by atoms with Crippen molar-refractivity contribution in [2.75, 3.05) is 0 Å². The molecular formula is C22H21Cl2Zr. The van der Waals surface area contributed by atoms with Crippen LogP contribution in [0.2, 0.25) is 0 Å². The third-order valence-corrected chi connectivity index (χ3v) is 5.36. The summed E-state index contributed by atoms with van der Waals surface area (Å²) in [6.07, 6.45) is 7.77. The van der Waals surface area contributed by atoms with Crippen LogP contribution < -0.4 is 24.8 Å². The summed E-state index contributed by atoms with van der Waals surface area (Å²) in [6, 6.07) is 9.04. The van der Waals surface area contributed by atoms with Gasteiger partial charge in [0.2, 0.25) is 0 Å². The normalized spacial score (nSPS) is 12.6. The van der Waals surface area contributed by atoms with Gasteiger partial charge in [0.25, 0.3) is 0 Å². The molecule has 0 saturated heterocycles. The molecule has 3 aromatic rings. The first-order valence-corrected chi connectivity index (χ1v) is 8.04. The van der Waals surface area contributed by atoms with Gasteiger partial charge in [0.1, 0.15) is 0 Å². The van der Waals surface area contributed by atoms with Crippen LogP contribution in [-0.2, 0) is 26.2 Å². The van der Waals surface area contributed by atoms with Gasteiger partial charge in [-0.25, -0.2) is 0 Å². The Kier molecular flexibility index (Phi) is 7.40.